The molecule has 10 heteroatoms. The third-order valence-corrected chi connectivity index (χ3v) is 6.91. The monoisotopic (exact) mass is 513 g/mol. The lowest BCUT2D eigenvalue weighted by Gasteiger charge is -2.12. The molecule has 1 amide bonds. The molecule has 0 aliphatic heterocycles. The maximum atomic E-state index is 13.6. The van der Waals surface area contributed by atoms with Gasteiger partial charge in [-0.25, -0.2) is 4.79 Å². The second-order valence-electron chi connectivity index (χ2n) is 9.61. The van der Waals surface area contributed by atoms with Gasteiger partial charge in [-0.2, -0.15) is 5.10 Å². The van der Waals surface area contributed by atoms with E-state index < -0.39 is 0 Å². The van der Waals surface area contributed by atoms with Crippen LogP contribution in [-0.2, 0) is 18.4 Å². The van der Waals surface area contributed by atoms with E-state index in [0.717, 1.165) is 44.7 Å². The largest absolute Gasteiger partial charge is 0.492 e. The summed E-state index contributed by atoms with van der Waals surface area (Å²) < 4.78 is 10.7. The number of fused-ring (bicyclic) bond motifs is 3. The number of hydrogen-bond donors (Lipinski definition) is 0. The van der Waals surface area contributed by atoms with E-state index in [1.807, 2.05) is 58.2 Å². The van der Waals surface area contributed by atoms with E-state index >= 15 is 0 Å². The molecule has 0 atom stereocenters. The molecule has 0 radical (unpaired) electrons. The van der Waals surface area contributed by atoms with E-state index in [4.69, 9.17) is 4.74 Å². The van der Waals surface area contributed by atoms with Gasteiger partial charge in [-0.1, -0.05) is 6.07 Å². The molecule has 0 aliphatic rings. The Morgan fingerprint density at radius 2 is 1.79 bits per heavy atom. The number of hydrogen-bond acceptors (Lipinski definition) is 6. The molecule has 38 heavy (non-hydrogen) atoms. The molecule has 4 aromatic heterocycles. The first-order valence-corrected chi connectivity index (χ1v) is 12.5. The van der Waals surface area contributed by atoms with Gasteiger partial charge in [0.05, 0.1) is 52.1 Å². The van der Waals surface area contributed by atoms with Gasteiger partial charge in [-0.3, -0.25) is 28.6 Å². The van der Waals surface area contributed by atoms with Gasteiger partial charge in [0.25, 0.3) is 0 Å². The van der Waals surface area contributed by atoms with Gasteiger partial charge < -0.3 is 9.64 Å². The van der Waals surface area contributed by atoms with Crippen LogP contribution in [0.2, 0.25) is 0 Å². The zero-order valence-electron chi connectivity index (χ0n) is 22.7. The number of nitrogens with zero attached hydrogens (tertiary/aromatic N) is 7. The molecule has 5 rings (SSSR count). The number of rotatable bonds is 6. The predicted molar refractivity (Wildman–Crippen MR) is 147 cm³/mol. The summed E-state index contributed by atoms with van der Waals surface area (Å²) in [6.45, 7) is 8.24. The summed E-state index contributed by atoms with van der Waals surface area (Å²) in [4.78, 5) is 36.7. The van der Waals surface area contributed by atoms with Crippen molar-refractivity contribution in [2.75, 3.05) is 20.7 Å². The fraction of sp³-hybridized carbons (Fsp3) is 0.321. The topological polar surface area (TPSA) is 100 Å². The van der Waals surface area contributed by atoms with Crippen LogP contribution < -0.4 is 10.4 Å². The number of benzene rings is 1. The predicted octanol–water partition coefficient (Wildman–Crippen LogP) is 3.55. The number of imidazole rings is 1. The van der Waals surface area contributed by atoms with Gasteiger partial charge in [-0.15, -0.1) is 0 Å². The summed E-state index contributed by atoms with van der Waals surface area (Å²) in [5, 5.41) is 5.44. The highest BCUT2D eigenvalue weighted by Gasteiger charge is 2.23. The Hall–Kier alpha value is -4.47. The lowest BCUT2D eigenvalue weighted by atomic mass is 10.0. The Kier molecular flexibility index (Phi) is 6.26. The van der Waals surface area contributed by atoms with E-state index in [1.165, 1.54) is 4.90 Å². The summed E-state index contributed by atoms with van der Waals surface area (Å²) in [6.07, 6.45) is 3.55. The molecular weight excluding hydrogens is 482 g/mol. The molecular formula is C28H31N7O3. The second kappa shape index (κ2) is 9.44. The van der Waals surface area contributed by atoms with E-state index in [-0.39, 0.29) is 18.1 Å². The molecule has 0 saturated carbocycles. The van der Waals surface area contributed by atoms with Crippen LogP contribution in [0.1, 0.15) is 24.0 Å². The molecule has 0 spiro atoms. The van der Waals surface area contributed by atoms with Crippen LogP contribution in [0.5, 0.6) is 5.75 Å². The molecule has 4 heterocycles. The lowest BCUT2D eigenvalue weighted by Crippen LogP contribution is -2.27. The minimum Gasteiger partial charge on any atom is -0.492 e. The van der Waals surface area contributed by atoms with Gasteiger partial charge in [-0.05, 0) is 51.5 Å². The number of aromatic nitrogens is 6. The number of carbonyl (C=O) groups is 1. The fourth-order valence-corrected chi connectivity index (χ4v) is 4.79. The molecule has 0 bridgehead atoms. The van der Waals surface area contributed by atoms with Crippen LogP contribution >= 0.6 is 0 Å². The van der Waals surface area contributed by atoms with Crippen molar-refractivity contribution in [1.29, 1.82) is 0 Å². The van der Waals surface area contributed by atoms with E-state index in [9.17, 15) is 9.59 Å². The zero-order valence-corrected chi connectivity index (χ0v) is 22.7. The highest BCUT2D eigenvalue weighted by Crippen LogP contribution is 2.32. The third kappa shape index (κ3) is 4.02. The maximum Gasteiger partial charge on any atom is 0.333 e. The number of aryl methyl sites for hydroxylation is 3. The van der Waals surface area contributed by atoms with Crippen molar-refractivity contribution < 1.29 is 9.53 Å². The van der Waals surface area contributed by atoms with Crippen LogP contribution in [0, 0.1) is 20.8 Å². The highest BCUT2D eigenvalue weighted by atomic mass is 16.5. The van der Waals surface area contributed by atoms with E-state index in [2.05, 4.69) is 15.1 Å². The van der Waals surface area contributed by atoms with Crippen LogP contribution in [-0.4, -0.2) is 60.4 Å². The van der Waals surface area contributed by atoms with Crippen molar-refractivity contribution in [3.63, 3.8) is 0 Å². The Labute approximate surface area is 220 Å². The highest BCUT2D eigenvalue weighted by molar-refractivity contribution is 6.04. The Morgan fingerprint density at radius 3 is 2.50 bits per heavy atom. The summed E-state index contributed by atoms with van der Waals surface area (Å²) in [7, 11) is 5.16. The van der Waals surface area contributed by atoms with Gasteiger partial charge in [0.2, 0.25) is 5.91 Å². The van der Waals surface area contributed by atoms with Crippen LogP contribution in [0.15, 0.2) is 41.5 Å². The third-order valence-electron chi connectivity index (χ3n) is 6.91. The number of likely N-dealkylation sites (N-methyl/N-ethyl adjacent to an activating group) is 1. The van der Waals surface area contributed by atoms with Gasteiger partial charge in [0.15, 0.2) is 0 Å². The number of pyridine rings is 2. The number of ether oxygens (including phenoxy) is 1. The fourth-order valence-electron chi connectivity index (χ4n) is 4.79. The molecule has 0 saturated heterocycles. The summed E-state index contributed by atoms with van der Waals surface area (Å²) in [5.74, 6) is 0.661. The summed E-state index contributed by atoms with van der Waals surface area (Å²) >= 11 is 0. The quantitative estimate of drug-likeness (QED) is 0.344. The van der Waals surface area contributed by atoms with Crippen LogP contribution in [0.4, 0.5) is 0 Å². The molecule has 0 unspecified atom stereocenters. The van der Waals surface area contributed by atoms with E-state index in [1.54, 1.807) is 41.2 Å². The minimum atomic E-state index is -0.208. The molecule has 196 valence electrons. The molecule has 0 N–H and O–H groups in total. The number of carbonyl (C=O) groups excluding carboxylic acids is 1. The number of amides is 1. The average Bonchev–Trinajstić information content (AvgIpc) is 3.31. The molecule has 1 aromatic carbocycles. The van der Waals surface area contributed by atoms with Crippen molar-refractivity contribution >= 4 is 27.8 Å². The standard InChI is InChI=1S/C28H31N7O3/c1-8-38-24-12-20(13-29-16(24)2)19-9-10-22-21(11-19)27-23(14-30-22)33(7)28(37)35(27)26-17(3)31-34(18(26)4)15-25(36)32(5)6/h9-14H,8,15H2,1-7H3. The average molecular weight is 514 g/mol. The normalized spacial score (nSPS) is 11.4. The second-order valence-corrected chi connectivity index (χ2v) is 9.61. The summed E-state index contributed by atoms with van der Waals surface area (Å²) in [6, 6.07) is 7.97. The first kappa shape index (κ1) is 25.2. The van der Waals surface area contributed by atoms with Crippen LogP contribution in [0.3, 0.4) is 0 Å². The minimum absolute atomic E-state index is 0.0789. The van der Waals surface area contributed by atoms with E-state index in [0.29, 0.717) is 23.5 Å². The van der Waals surface area contributed by atoms with Crippen molar-refractivity contribution in [2.24, 2.45) is 7.05 Å². The smallest absolute Gasteiger partial charge is 0.333 e. The lowest BCUT2D eigenvalue weighted by molar-refractivity contribution is -0.129. The summed E-state index contributed by atoms with van der Waals surface area (Å²) in [5.41, 5.74) is 6.72. The Morgan fingerprint density at radius 1 is 1.03 bits per heavy atom. The first-order valence-electron chi connectivity index (χ1n) is 12.5. The Bertz CT molecular complexity index is 1780. The van der Waals surface area contributed by atoms with Gasteiger partial charge in [0.1, 0.15) is 12.3 Å². The van der Waals surface area contributed by atoms with Crippen molar-refractivity contribution in [1.82, 2.24) is 33.8 Å². The van der Waals surface area contributed by atoms with Crippen molar-refractivity contribution in [3.8, 4) is 22.6 Å². The Balaban J connectivity index is 1.77. The maximum absolute atomic E-state index is 13.6. The molecule has 5 aromatic rings. The van der Waals surface area contributed by atoms with Crippen molar-refractivity contribution in [2.45, 2.75) is 34.2 Å². The van der Waals surface area contributed by atoms with Gasteiger partial charge >= 0.3 is 5.69 Å². The first-order chi connectivity index (χ1) is 18.1. The molecule has 10 nitrogen and oxygen atoms in total. The SMILES string of the molecule is CCOc1cc(-c2ccc3ncc4c(c3c2)n(-c2c(C)nn(CC(=O)N(C)C)c2C)c(=O)n4C)cnc1C. The van der Waals surface area contributed by atoms with Crippen LogP contribution in [0.25, 0.3) is 38.8 Å². The molecule has 0 aliphatic carbocycles. The molecule has 0 fully saturated rings. The zero-order chi connectivity index (χ0) is 27.3. The van der Waals surface area contributed by atoms with Gasteiger partial charge in [0, 0.05) is 38.3 Å². The van der Waals surface area contributed by atoms with Crippen molar-refractivity contribution in [3.05, 3.63) is 64.2 Å².